The van der Waals surface area contributed by atoms with E-state index in [-0.39, 0.29) is 23.4 Å². The lowest BCUT2D eigenvalue weighted by Crippen LogP contribution is -2.38. The van der Waals surface area contributed by atoms with Crippen LogP contribution in [0, 0.1) is 0 Å². The van der Waals surface area contributed by atoms with Crippen molar-refractivity contribution in [2.75, 3.05) is 25.9 Å². The molecule has 0 radical (unpaired) electrons. The normalized spacial score (nSPS) is 10.1. The average Bonchev–Trinajstić information content (AvgIpc) is 2.35. The molecule has 0 aliphatic heterocycles. The molecule has 0 heterocycles. The summed E-state index contributed by atoms with van der Waals surface area (Å²) in [5.41, 5.74) is 6.39. The molecule has 0 aliphatic carbocycles. The first-order valence-electron chi connectivity index (χ1n) is 6.03. The molecule has 0 unspecified atom stereocenters. The van der Waals surface area contributed by atoms with Crippen molar-refractivity contribution in [1.82, 2.24) is 10.2 Å². The smallest absolute Gasteiger partial charge is 0.255 e. The fourth-order valence-corrected chi connectivity index (χ4v) is 1.79. The summed E-state index contributed by atoms with van der Waals surface area (Å²) in [6, 6.07) is 4.67. The third-order valence-electron chi connectivity index (χ3n) is 2.52. The van der Waals surface area contributed by atoms with E-state index in [0.717, 1.165) is 6.42 Å². The van der Waals surface area contributed by atoms with Gasteiger partial charge in [-0.2, -0.15) is 0 Å². The van der Waals surface area contributed by atoms with Gasteiger partial charge in [0.15, 0.2) is 0 Å². The minimum absolute atomic E-state index is 0.000458. The van der Waals surface area contributed by atoms with Crippen molar-refractivity contribution in [3.05, 3.63) is 28.8 Å². The van der Waals surface area contributed by atoms with Crippen molar-refractivity contribution in [2.45, 2.75) is 13.3 Å². The monoisotopic (exact) mass is 283 g/mol. The third-order valence-corrected chi connectivity index (χ3v) is 2.84. The fourth-order valence-electron chi connectivity index (χ4n) is 1.52. The number of nitrogen functional groups attached to an aromatic ring is 1. The molecule has 0 aliphatic rings. The third kappa shape index (κ3) is 4.44. The number of likely N-dealkylation sites (N-methyl/N-ethyl adjacent to an activating group) is 1. The second-order valence-electron chi connectivity index (χ2n) is 4.25. The van der Waals surface area contributed by atoms with E-state index in [1.807, 2.05) is 6.92 Å². The molecule has 0 fully saturated rings. The van der Waals surface area contributed by atoms with Gasteiger partial charge >= 0.3 is 0 Å². The minimum Gasteiger partial charge on any atom is -0.399 e. The zero-order chi connectivity index (χ0) is 14.4. The van der Waals surface area contributed by atoms with Gasteiger partial charge in [0.1, 0.15) is 0 Å². The van der Waals surface area contributed by atoms with Gasteiger partial charge in [-0.15, -0.1) is 0 Å². The number of hydrogen-bond donors (Lipinski definition) is 2. The van der Waals surface area contributed by atoms with Gasteiger partial charge in [-0.05, 0) is 24.6 Å². The highest BCUT2D eigenvalue weighted by Gasteiger charge is 2.17. The van der Waals surface area contributed by atoms with Crippen LogP contribution in [-0.4, -0.2) is 36.9 Å². The van der Waals surface area contributed by atoms with Gasteiger partial charge in [0.2, 0.25) is 5.91 Å². The van der Waals surface area contributed by atoms with Crippen molar-refractivity contribution >= 4 is 29.1 Å². The maximum Gasteiger partial charge on any atom is 0.255 e. The van der Waals surface area contributed by atoms with Crippen LogP contribution in [0.5, 0.6) is 0 Å². The molecule has 0 spiro atoms. The number of nitrogens with two attached hydrogens (primary N) is 1. The van der Waals surface area contributed by atoms with Crippen molar-refractivity contribution in [3.63, 3.8) is 0 Å². The Morgan fingerprint density at radius 1 is 1.42 bits per heavy atom. The van der Waals surface area contributed by atoms with Gasteiger partial charge in [0.05, 0.1) is 17.1 Å². The summed E-state index contributed by atoms with van der Waals surface area (Å²) < 4.78 is 0. The van der Waals surface area contributed by atoms with Crippen LogP contribution in [0.4, 0.5) is 5.69 Å². The SMILES string of the molecule is CCCNC(=O)CN(C)C(=O)c1ccc(N)cc1Cl. The highest BCUT2D eigenvalue weighted by molar-refractivity contribution is 6.34. The largest absolute Gasteiger partial charge is 0.399 e. The predicted molar refractivity (Wildman–Crippen MR) is 76.1 cm³/mol. The molecule has 0 bridgehead atoms. The summed E-state index contributed by atoms with van der Waals surface area (Å²) in [6.07, 6.45) is 0.854. The Bertz CT molecular complexity index is 477. The Labute approximate surface area is 117 Å². The first kappa shape index (κ1) is 15.3. The lowest BCUT2D eigenvalue weighted by molar-refractivity contribution is -0.121. The molecule has 0 atom stereocenters. The lowest BCUT2D eigenvalue weighted by atomic mass is 10.2. The Morgan fingerprint density at radius 2 is 2.11 bits per heavy atom. The maximum absolute atomic E-state index is 12.1. The number of hydrogen-bond acceptors (Lipinski definition) is 3. The van der Waals surface area contributed by atoms with E-state index in [2.05, 4.69) is 5.32 Å². The number of benzene rings is 1. The number of nitrogens with one attached hydrogen (secondary N) is 1. The lowest BCUT2D eigenvalue weighted by Gasteiger charge is -2.17. The van der Waals surface area contributed by atoms with Gasteiger partial charge < -0.3 is 16.0 Å². The van der Waals surface area contributed by atoms with Crippen molar-refractivity contribution < 1.29 is 9.59 Å². The molecule has 6 heteroatoms. The molecule has 0 saturated carbocycles. The van der Waals surface area contributed by atoms with E-state index < -0.39 is 0 Å². The van der Waals surface area contributed by atoms with Crippen LogP contribution < -0.4 is 11.1 Å². The number of amides is 2. The fraction of sp³-hybridized carbons (Fsp3) is 0.385. The molecule has 0 aromatic heterocycles. The predicted octanol–water partition coefficient (Wildman–Crippen LogP) is 1.52. The number of anilines is 1. The van der Waals surface area contributed by atoms with Crippen molar-refractivity contribution in [3.8, 4) is 0 Å². The van der Waals surface area contributed by atoms with E-state index in [1.165, 1.54) is 11.0 Å². The molecule has 104 valence electrons. The molecule has 2 amide bonds. The van der Waals surface area contributed by atoms with Crippen molar-refractivity contribution in [1.29, 1.82) is 0 Å². The second kappa shape index (κ2) is 6.99. The standard InChI is InChI=1S/C13H18ClN3O2/c1-3-6-16-12(18)8-17(2)13(19)10-5-4-9(15)7-11(10)14/h4-5,7H,3,6,8,15H2,1-2H3,(H,16,18). The Morgan fingerprint density at radius 3 is 2.68 bits per heavy atom. The molecule has 3 N–H and O–H groups in total. The average molecular weight is 284 g/mol. The Hall–Kier alpha value is -1.75. The number of halogens is 1. The summed E-state index contributed by atoms with van der Waals surface area (Å²) in [5.74, 6) is -0.499. The number of nitrogens with zero attached hydrogens (tertiary/aromatic N) is 1. The van der Waals surface area contributed by atoms with Crippen LogP contribution in [0.1, 0.15) is 23.7 Å². The second-order valence-corrected chi connectivity index (χ2v) is 4.66. The van der Waals surface area contributed by atoms with Crippen LogP contribution in [0.3, 0.4) is 0 Å². The van der Waals surface area contributed by atoms with Crippen LogP contribution in [0.25, 0.3) is 0 Å². The number of carbonyl (C=O) groups is 2. The summed E-state index contributed by atoms with van der Waals surface area (Å²) >= 11 is 5.96. The quantitative estimate of drug-likeness (QED) is 0.805. The van der Waals surface area contributed by atoms with E-state index in [0.29, 0.717) is 17.8 Å². The molecular formula is C13H18ClN3O2. The zero-order valence-corrected chi connectivity index (χ0v) is 11.8. The summed E-state index contributed by atoms with van der Waals surface area (Å²) in [7, 11) is 1.56. The van der Waals surface area contributed by atoms with E-state index in [4.69, 9.17) is 17.3 Å². The van der Waals surface area contributed by atoms with E-state index in [1.54, 1.807) is 19.2 Å². The highest BCUT2D eigenvalue weighted by atomic mass is 35.5. The van der Waals surface area contributed by atoms with Crippen LogP contribution in [0.15, 0.2) is 18.2 Å². The summed E-state index contributed by atoms with van der Waals surface area (Å²) in [4.78, 5) is 25.0. The Balaban J connectivity index is 2.69. The molecule has 19 heavy (non-hydrogen) atoms. The summed E-state index contributed by atoms with van der Waals surface area (Å²) in [5, 5.41) is 2.99. The summed E-state index contributed by atoms with van der Waals surface area (Å²) in [6.45, 7) is 2.56. The first-order valence-corrected chi connectivity index (χ1v) is 6.40. The molecular weight excluding hydrogens is 266 g/mol. The molecule has 0 saturated heterocycles. The maximum atomic E-state index is 12.1. The van der Waals surface area contributed by atoms with E-state index >= 15 is 0 Å². The van der Waals surface area contributed by atoms with E-state index in [9.17, 15) is 9.59 Å². The zero-order valence-electron chi connectivity index (χ0n) is 11.1. The molecule has 1 aromatic carbocycles. The van der Waals surface area contributed by atoms with Gasteiger partial charge in [-0.1, -0.05) is 18.5 Å². The van der Waals surface area contributed by atoms with Crippen LogP contribution >= 0.6 is 11.6 Å². The Kier molecular flexibility index (Phi) is 5.63. The van der Waals surface area contributed by atoms with Gasteiger partial charge in [0.25, 0.3) is 5.91 Å². The van der Waals surface area contributed by atoms with Crippen LogP contribution in [0.2, 0.25) is 5.02 Å². The topological polar surface area (TPSA) is 75.4 Å². The molecule has 5 nitrogen and oxygen atoms in total. The molecule has 1 rings (SSSR count). The van der Waals surface area contributed by atoms with Crippen LogP contribution in [-0.2, 0) is 4.79 Å². The van der Waals surface area contributed by atoms with Gasteiger partial charge in [-0.3, -0.25) is 9.59 Å². The molecule has 1 aromatic rings. The highest BCUT2D eigenvalue weighted by Crippen LogP contribution is 2.20. The van der Waals surface area contributed by atoms with Gasteiger partial charge in [0, 0.05) is 19.3 Å². The first-order chi connectivity index (χ1) is 8.95. The minimum atomic E-state index is -0.309. The number of rotatable bonds is 5. The number of carbonyl (C=O) groups excluding carboxylic acids is 2. The van der Waals surface area contributed by atoms with Crippen molar-refractivity contribution in [2.24, 2.45) is 0 Å². The van der Waals surface area contributed by atoms with Gasteiger partial charge in [-0.25, -0.2) is 0 Å².